The zero-order valence-corrected chi connectivity index (χ0v) is 12.5. The molecular formula is C12H9ClN4OS2. The Bertz CT molecular complexity index is 830. The predicted molar refractivity (Wildman–Crippen MR) is 82.6 cm³/mol. The molecule has 5 nitrogen and oxygen atoms in total. The van der Waals surface area contributed by atoms with Gasteiger partial charge in [-0.2, -0.15) is 9.61 Å². The Hall–Kier alpha value is -1.57. The van der Waals surface area contributed by atoms with Crippen LogP contribution in [0.25, 0.3) is 4.96 Å². The second-order valence-electron chi connectivity index (χ2n) is 4.00. The lowest BCUT2D eigenvalue weighted by Gasteiger charge is -2.04. The van der Waals surface area contributed by atoms with E-state index in [-0.39, 0.29) is 5.56 Å². The summed E-state index contributed by atoms with van der Waals surface area (Å²) in [6.07, 6.45) is 0. The van der Waals surface area contributed by atoms with E-state index in [2.05, 4.69) is 10.1 Å². The number of aromatic nitrogens is 3. The highest BCUT2D eigenvalue weighted by molar-refractivity contribution is 7.98. The van der Waals surface area contributed by atoms with E-state index < -0.39 is 0 Å². The first-order valence-electron chi connectivity index (χ1n) is 5.64. The van der Waals surface area contributed by atoms with Gasteiger partial charge in [-0.1, -0.05) is 22.9 Å². The molecule has 0 bridgehead atoms. The van der Waals surface area contributed by atoms with Crippen molar-refractivity contribution in [3.05, 3.63) is 50.8 Å². The molecule has 20 heavy (non-hydrogen) atoms. The second-order valence-corrected chi connectivity index (χ2v) is 6.23. The maximum Gasteiger partial charge on any atom is 0.275 e. The van der Waals surface area contributed by atoms with Gasteiger partial charge in [-0.25, -0.2) is 4.98 Å². The Labute approximate surface area is 127 Å². The number of benzene rings is 1. The number of nitrogens with zero attached hydrogens (tertiary/aromatic N) is 3. The number of fused-ring (bicyclic) bond motifs is 1. The van der Waals surface area contributed by atoms with Gasteiger partial charge < -0.3 is 5.73 Å². The highest BCUT2D eigenvalue weighted by atomic mass is 35.5. The lowest BCUT2D eigenvalue weighted by Crippen LogP contribution is -2.14. The number of nitrogens with two attached hydrogens (primary N) is 1. The van der Waals surface area contributed by atoms with Crippen molar-refractivity contribution in [2.45, 2.75) is 10.6 Å². The van der Waals surface area contributed by atoms with Gasteiger partial charge in [0.05, 0.1) is 10.7 Å². The fraction of sp³-hybridized carbons (Fsp3) is 0.0833. The fourth-order valence-corrected chi connectivity index (χ4v) is 3.47. The van der Waals surface area contributed by atoms with Crippen molar-refractivity contribution in [2.24, 2.45) is 0 Å². The van der Waals surface area contributed by atoms with Gasteiger partial charge in [0.15, 0.2) is 0 Å². The van der Waals surface area contributed by atoms with Gasteiger partial charge >= 0.3 is 0 Å². The quantitative estimate of drug-likeness (QED) is 0.592. The van der Waals surface area contributed by atoms with Crippen molar-refractivity contribution in [1.29, 1.82) is 0 Å². The zero-order valence-electron chi connectivity index (χ0n) is 10.1. The Morgan fingerprint density at radius 3 is 3.05 bits per heavy atom. The maximum atomic E-state index is 11.8. The molecule has 0 saturated carbocycles. The van der Waals surface area contributed by atoms with Crippen molar-refractivity contribution < 1.29 is 0 Å². The molecule has 8 heteroatoms. The lowest BCUT2D eigenvalue weighted by atomic mass is 10.3. The molecule has 2 heterocycles. The van der Waals surface area contributed by atoms with E-state index in [1.807, 2.05) is 6.07 Å². The Morgan fingerprint density at radius 2 is 2.25 bits per heavy atom. The molecule has 0 saturated heterocycles. The smallest absolute Gasteiger partial charge is 0.275 e. The van der Waals surface area contributed by atoms with Crippen LogP contribution in [0.4, 0.5) is 5.69 Å². The topological polar surface area (TPSA) is 73.3 Å². The van der Waals surface area contributed by atoms with E-state index in [1.165, 1.54) is 33.7 Å². The van der Waals surface area contributed by atoms with Gasteiger partial charge in [-0.15, -0.1) is 11.8 Å². The van der Waals surface area contributed by atoms with Crippen LogP contribution in [0.2, 0.25) is 5.02 Å². The molecule has 0 atom stereocenters. The van der Waals surface area contributed by atoms with Gasteiger partial charge in [0.2, 0.25) is 4.96 Å². The molecule has 0 unspecified atom stereocenters. The first kappa shape index (κ1) is 13.4. The Balaban J connectivity index is 1.84. The SMILES string of the molecule is Nc1ccc(SCc2cc(=O)n3ncsc3n2)c(Cl)c1. The normalized spacial score (nSPS) is 11.1. The van der Waals surface area contributed by atoms with E-state index in [1.54, 1.807) is 17.6 Å². The van der Waals surface area contributed by atoms with Gasteiger partial charge in [-0.3, -0.25) is 4.79 Å². The highest BCUT2D eigenvalue weighted by Crippen LogP contribution is 2.30. The molecule has 0 fully saturated rings. The number of hydrogen-bond donors (Lipinski definition) is 1. The summed E-state index contributed by atoms with van der Waals surface area (Å²) in [5, 5.41) is 4.52. The zero-order chi connectivity index (χ0) is 14.1. The van der Waals surface area contributed by atoms with Gasteiger partial charge in [0.25, 0.3) is 5.56 Å². The standard InChI is InChI=1S/C12H9ClN4OS2/c13-9-3-7(14)1-2-10(9)19-5-8-4-11(18)17-12(16-8)20-6-15-17/h1-4,6H,5,14H2. The van der Waals surface area contributed by atoms with E-state index in [0.29, 0.717) is 27.1 Å². The molecule has 102 valence electrons. The summed E-state index contributed by atoms with van der Waals surface area (Å²) in [5.41, 5.74) is 8.41. The summed E-state index contributed by atoms with van der Waals surface area (Å²) >= 11 is 8.96. The molecule has 0 aliphatic heterocycles. The van der Waals surface area contributed by atoms with Gasteiger partial charge in [-0.05, 0) is 18.2 Å². The van der Waals surface area contributed by atoms with Crippen LogP contribution in [0.5, 0.6) is 0 Å². The third kappa shape index (κ3) is 2.65. The average Bonchev–Trinajstić information content (AvgIpc) is 2.86. The number of thioether (sulfide) groups is 1. The molecule has 0 radical (unpaired) electrons. The minimum absolute atomic E-state index is 0.171. The van der Waals surface area contributed by atoms with Crippen LogP contribution < -0.4 is 11.3 Å². The molecule has 0 spiro atoms. The fourth-order valence-electron chi connectivity index (χ4n) is 1.66. The van der Waals surface area contributed by atoms with Crippen LogP contribution in [0.1, 0.15) is 5.69 Å². The molecule has 1 aromatic carbocycles. The molecule has 0 amide bonds. The number of nitrogen functional groups attached to an aromatic ring is 1. The summed E-state index contributed by atoms with van der Waals surface area (Å²) < 4.78 is 1.29. The number of rotatable bonds is 3. The maximum absolute atomic E-state index is 11.8. The third-order valence-corrected chi connectivity index (χ3v) is 4.78. The van der Waals surface area contributed by atoms with Crippen molar-refractivity contribution in [1.82, 2.24) is 14.6 Å². The number of hydrogen-bond acceptors (Lipinski definition) is 6. The van der Waals surface area contributed by atoms with Crippen molar-refractivity contribution in [3.8, 4) is 0 Å². The molecule has 0 aliphatic carbocycles. The first-order valence-corrected chi connectivity index (χ1v) is 7.88. The minimum Gasteiger partial charge on any atom is -0.399 e. The summed E-state index contributed by atoms with van der Waals surface area (Å²) in [6.45, 7) is 0. The summed E-state index contributed by atoms with van der Waals surface area (Å²) in [7, 11) is 0. The van der Waals surface area contributed by atoms with E-state index in [0.717, 1.165) is 4.90 Å². The average molecular weight is 325 g/mol. The van der Waals surface area contributed by atoms with Crippen LogP contribution in [-0.4, -0.2) is 14.6 Å². The number of anilines is 1. The molecule has 3 aromatic rings. The van der Waals surface area contributed by atoms with Crippen molar-refractivity contribution >= 4 is 45.3 Å². The van der Waals surface area contributed by atoms with Crippen molar-refractivity contribution in [2.75, 3.05) is 5.73 Å². The van der Waals surface area contributed by atoms with Crippen LogP contribution in [0.15, 0.2) is 39.5 Å². The Morgan fingerprint density at radius 1 is 1.40 bits per heavy atom. The van der Waals surface area contributed by atoms with Gasteiger partial charge in [0, 0.05) is 22.4 Å². The largest absolute Gasteiger partial charge is 0.399 e. The van der Waals surface area contributed by atoms with Crippen LogP contribution in [0.3, 0.4) is 0 Å². The van der Waals surface area contributed by atoms with Crippen LogP contribution in [-0.2, 0) is 5.75 Å². The molecule has 2 aromatic heterocycles. The van der Waals surface area contributed by atoms with E-state index in [4.69, 9.17) is 17.3 Å². The molecule has 3 rings (SSSR count). The second kappa shape index (κ2) is 5.43. The van der Waals surface area contributed by atoms with Crippen molar-refractivity contribution in [3.63, 3.8) is 0 Å². The molecule has 0 aliphatic rings. The van der Waals surface area contributed by atoms with Crippen LogP contribution >= 0.6 is 34.7 Å². The number of halogens is 1. The molecular weight excluding hydrogens is 316 g/mol. The Kier molecular flexibility index (Phi) is 3.64. The highest BCUT2D eigenvalue weighted by Gasteiger charge is 2.07. The van der Waals surface area contributed by atoms with Gasteiger partial charge in [0.1, 0.15) is 5.51 Å². The van der Waals surface area contributed by atoms with E-state index >= 15 is 0 Å². The monoisotopic (exact) mass is 324 g/mol. The predicted octanol–water partition coefficient (Wildman–Crippen LogP) is 2.68. The summed E-state index contributed by atoms with van der Waals surface area (Å²) in [4.78, 5) is 17.7. The summed E-state index contributed by atoms with van der Waals surface area (Å²) in [5.74, 6) is 0.563. The first-order chi connectivity index (χ1) is 9.63. The summed E-state index contributed by atoms with van der Waals surface area (Å²) in [6, 6.07) is 6.85. The van der Waals surface area contributed by atoms with Crippen LogP contribution in [0, 0.1) is 0 Å². The third-order valence-electron chi connectivity index (χ3n) is 2.57. The minimum atomic E-state index is -0.171. The van der Waals surface area contributed by atoms with E-state index in [9.17, 15) is 4.79 Å². The molecule has 2 N–H and O–H groups in total. The lowest BCUT2D eigenvalue weighted by molar-refractivity contribution is 0.888.